The van der Waals surface area contributed by atoms with E-state index in [1.54, 1.807) is 0 Å². The first-order chi connectivity index (χ1) is 15.8. The Labute approximate surface area is 193 Å². The van der Waals surface area contributed by atoms with Crippen molar-refractivity contribution in [2.45, 2.75) is 30.5 Å². The molecule has 2 aromatic rings. The van der Waals surface area contributed by atoms with Crippen molar-refractivity contribution in [3.8, 4) is 0 Å². The third-order valence-electron chi connectivity index (χ3n) is 4.67. The molecule has 9 nitrogen and oxygen atoms in total. The zero-order valence-corrected chi connectivity index (χ0v) is 18.0. The highest BCUT2D eigenvalue weighted by Gasteiger charge is 2.44. The number of Topliss-reactive ketones (excluding diaryl/α,β-unsaturated/α-hetero) is 1. The fourth-order valence-electron chi connectivity index (χ4n) is 2.98. The van der Waals surface area contributed by atoms with Crippen LogP contribution in [-0.4, -0.2) is 47.0 Å². The number of aliphatic carboxylic acids is 1. The molecule has 34 heavy (non-hydrogen) atoms. The van der Waals surface area contributed by atoms with Crippen molar-refractivity contribution in [2.24, 2.45) is 27.9 Å². The van der Waals surface area contributed by atoms with Gasteiger partial charge in [-0.1, -0.05) is 60.7 Å². The van der Waals surface area contributed by atoms with Gasteiger partial charge in [-0.2, -0.15) is 13.2 Å². The molecule has 0 bridgehead atoms. The summed E-state index contributed by atoms with van der Waals surface area (Å²) in [5, 5.41) is 7.12. The lowest BCUT2D eigenvalue weighted by Crippen LogP contribution is -2.59. The van der Waals surface area contributed by atoms with Crippen LogP contribution >= 0.6 is 0 Å². The minimum atomic E-state index is -5.08. The van der Waals surface area contributed by atoms with Crippen LogP contribution in [0, 0.1) is 0 Å². The SMILES string of the molecule is NC(=O)[C@@](N)(CCCN=C(N)N)C(=O)C(c1ccccc1)c1ccccc1.O=C(O)C(F)(F)F. The number of alkyl halides is 3. The molecule has 0 unspecified atom stereocenters. The van der Waals surface area contributed by atoms with Gasteiger partial charge in [-0.3, -0.25) is 14.6 Å². The van der Waals surface area contributed by atoms with Crippen LogP contribution in [-0.2, 0) is 14.4 Å². The standard InChI is InChI=1S/C20H25N5O2.C2HF3O2/c21-18(27)20(24,12-7-13-25-19(22)23)17(26)16(14-8-3-1-4-9-14)15-10-5-2-6-11-15;3-2(4,5)1(6)7/h1-6,8-11,16H,7,12-13,24H2,(H2,21,27)(H4,22,23,25);(H,6,7)/t20-;/m1./s1. The molecule has 0 aliphatic heterocycles. The smallest absolute Gasteiger partial charge is 0.475 e. The van der Waals surface area contributed by atoms with Crippen molar-refractivity contribution in [1.82, 2.24) is 0 Å². The lowest BCUT2D eigenvalue weighted by atomic mass is 9.76. The summed E-state index contributed by atoms with van der Waals surface area (Å²) in [4.78, 5) is 38.3. The quantitative estimate of drug-likeness (QED) is 0.154. The summed E-state index contributed by atoms with van der Waals surface area (Å²) in [7, 11) is 0. The van der Waals surface area contributed by atoms with Gasteiger partial charge in [0.1, 0.15) is 0 Å². The molecule has 0 fully saturated rings. The van der Waals surface area contributed by atoms with Crippen molar-refractivity contribution in [2.75, 3.05) is 6.54 Å². The molecule has 0 aliphatic carbocycles. The molecule has 0 saturated heterocycles. The lowest BCUT2D eigenvalue weighted by Gasteiger charge is -2.29. The van der Waals surface area contributed by atoms with E-state index in [-0.39, 0.29) is 18.9 Å². The molecule has 0 aliphatic rings. The average molecular weight is 481 g/mol. The van der Waals surface area contributed by atoms with Crippen LogP contribution in [0.3, 0.4) is 0 Å². The number of nitrogens with two attached hydrogens (primary N) is 4. The number of carboxylic acid groups (broad SMARTS) is 1. The number of benzene rings is 2. The van der Waals surface area contributed by atoms with Crippen LogP contribution < -0.4 is 22.9 Å². The van der Waals surface area contributed by atoms with Gasteiger partial charge >= 0.3 is 12.1 Å². The number of carbonyl (C=O) groups excluding carboxylic acids is 2. The van der Waals surface area contributed by atoms with Crippen LogP contribution in [0.15, 0.2) is 65.7 Å². The highest BCUT2D eigenvalue weighted by atomic mass is 19.4. The number of carboxylic acids is 1. The number of amides is 1. The molecule has 9 N–H and O–H groups in total. The summed E-state index contributed by atoms with van der Waals surface area (Å²) < 4.78 is 31.7. The zero-order valence-electron chi connectivity index (χ0n) is 18.0. The number of ketones is 1. The molecule has 0 spiro atoms. The monoisotopic (exact) mass is 481 g/mol. The van der Waals surface area contributed by atoms with E-state index in [9.17, 15) is 22.8 Å². The molecule has 12 heteroatoms. The van der Waals surface area contributed by atoms with E-state index in [1.165, 1.54) is 0 Å². The third kappa shape index (κ3) is 8.20. The fraction of sp³-hybridized carbons (Fsp3) is 0.273. The van der Waals surface area contributed by atoms with Gasteiger partial charge in [0.05, 0.1) is 5.92 Å². The largest absolute Gasteiger partial charge is 0.490 e. The maximum absolute atomic E-state index is 13.4. The molecule has 0 heterocycles. The van der Waals surface area contributed by atoms with E-state index in [0.717, 1.165) is 11.1 Å². The van der Waals surface area contributed by atoms with Gasteiger partial charge in [-0.05, 0) is 24.0 Å². The summed E-state index contributed by atoms with van der Waals surface area (Å²) in [5.74, 6) is -4.83. The van der Waals surface area contributed by atoms with E-state index < -0.39 is 35.3 Å². The second-order valence-corrected chi connectivity index (χ2v) is 7.17. The summed E-state index contributed by atoms with van der Waals surface area (Å²) in [5.41, 5.74) is 22.0. The second kappa shape index (κ2) is 12.3. The Morgan fingerprint density at radius 1 is 0.882 bits per heavy atom. The Morgan fingerprint density at radius 3 is 1.62 bits per heavy atom. The van der Waals surface area contributed by atoms with Gasteiger partial charge in [0.15, 0.2) is 17.3 Å². The van der Waals surface area contributed by atoms with Gasteiger partial charge in [0.25, 0.3) is 0 Å². The first-order valence-corrected chi connectivity index (χ1v) is 9.89. The van der Waals surface area contributed by atoms with Crippen molar-refractivity contribution in [3.63, 3.8) is 0 Å². The van der Waals surface area contributed by atoms with Crippen LogP contribution in [0.4, 0.5) is 13.2 Å². The van der Waals surface area contributed by atoms with Gasteiger partial charge in [-0.25, -0.2) is 4.79 Å². The third-order valence-corrected chi connectivity index (χ3v) is 4.67. The van der Waals surface area contributed by atoms with Gasteiger partial charge < -0.3 is 28.0 Å². The summed E-state index contributed by atoms with van der Waals surface area (Å²) >= 11 is 0. The van der Waals surface area contributed by atoms with Crippen molar-refractivity contribution < 1.29 is 32.7 Å². The Morgan fingerprint density at radius 2 is 1.29 bits per heavy atom. The number of halogens is 3. The number of aliphatic imine (C=N–C) groups is 1. The highest BCUT2D eigenvalue weighted by Crippen LogP contribution is 2.30. The molecule has 0 aromatic heterocycles. The van der Waals surface area contributed by atoms with Gasteiger partial charge in [0, 0.05) is 6.54 Å². The van der Waals surface area contributed by atoms with E-state index in [2.05, 4.69) is 4.99 Å². The fourth-order valence-corrected chi connectivity index (χ4v) is 2.98. The molecular weight excluding hydrogens is 455 g/mol. The molecule has 1 amide bonds. The van der Waals surface area contributed by atoms with E-state index in [4.69, 9.17) is 32.8 Å². The normalized spacial score (nSPS) is 12.6. The van der Waals surface area contributed by atoms with Crippen LogP contribution in [0.25, 0.3) is 0 Å². The Hall–Kier alpha value is -3.93. The second-order valence-electron chi connectivity index (χ2n) is 7.17. The zero-order chi connectivity index (χ0) is 25.9. The number of nitrogens with zero attached hydrogens (tertiary/aromatic N) is 1. The highest BCUT2D eigenvalue weighted by molar-refractivity contribution is 6.13. The van der Waals surface area contributed by atoms with Gasteiger partial charge in [-0.15, -0.1) is 0 Å². The van der Waals surface area contributed by atoms with E-state index in [0.29, 0.717) is 6.42 Å². The van der Waals surface area contributed by atoms with Crippen LogP contribution in [0.5, 0.6) is 0 Å². The van der Waals surface area contributed by atoms with Gasteiger partial charge in [0.2, 0.25) is 5.91 Å². The minimum absolute atomic E-state index is 0.0497. The molecule has 184 valence electrons. The predicted octanol–water partition coefficient (Wildman–Crippen LogP) is 1.26. The first kappa shape index (κ1) is 28.1. The van der Waals surface area contributed by atoms with Crippen molar-refractivity contribution in [3.05, 3.63) is 71.8 Å². The average Bonchev–Trinajstić information content (AvgIpc) is 2.77. The topological polar surface area (TPSA) is 188 Å². The molecule has 2 rings (SSSR count). The number of hydrogen-bond donors (Lipinski definition) is 5. The number of guanidine groups is 1. The summed E-state index contributed by atoms with van der Waals surface area (Å²) in [6.07, 6.45) is -4.69. The maximum Gasteiger partial charge on any atom is 0.490 e. The Bertz CT molecular complexity index is 957. The maximum atomic E-state index is 13.4. The predicted molar refractivity (Wildman–Crippen MR) is 119 cm³/mol. The Balaban J connectivity index is 0.000000718. The molecule has 0 saturated carbocycles. The molecule has 1 atom stereocenters. The van der Waals surface area contributed by atoms with Crippen molar-refractivity contribution >= 4 is 23.6 Å². The number of carbonyl (C=O) groups is 3. The molecular formula is C22H26F3N5O4. The number of hydrogen-bond acceptors (Lipinski definition) is 5. The summed E-state index contributed by atoms with van der Waals surface area (Å²) in [6.45, 7) is 0.253. The Kier molecular flexibility index (Phi) is 10.2. The lowest BCUT2D eigenvalue weighted by molar-refractivity contribution is -0.192. The van der Waals surface area contributed by atoms with Crippen LogP contribution in [0.2, 0.25) is 0 Å². The van der Waals surface area contributed by atoms with Crippen molar-refractivity contribution in [1.29, 1.82) is 0 Å². The number of rotatable bonds is 9. The summed E-state index contributed by atoms with van der Waals surface area (Å²) in [6, 6.07) is 18.4. The number of primary amides is 1. The van der Waals surface area contributed by atoms with E-state index in [1.807, 2.05) is 60.7 Å². The molecule has 2 aromatic carbocycles. The van der Waals surface area contributed by atoms with E-state index >= 15 is 0 Å². The minimum Gasteiger partial charge on any atom is -0.475 e. The first-order valence-electron chi connectivity index (χ1n) is 9.89. The van der Waals surface area contributed by atoms with Crippen LogP contribution in [0.1, 0.15) is 29.9 Å². The molecule has 0 radical (unpaired) electrons.